The molecule has 0 aliphatic rings. The van der Waals surface area contributed by atoms with Crippen LogP contribution >= 0.6 is 0 Å². The van der Waals surface area contributed by atoms with Crippen LogP contribution in [0.4, 0.5) is 0 Å². The van der Waals surface area contributed by atoms with Crippen LogP contribution in [0.3, 0.4) is 0 Å². The summed E-state index contributed by atoms with van der Waals surface area (Å²) in [7, 11) is 3.39. The second kappa shape index (κ2) is 6.29. The Labute approximate surface area is 119 Å². The minimum Gasteiger partial charge on any atom is -0.496 e. The third kappa shape index (κ3) is 2.29. The number of fused-ring (bicyclic) bond motifs is 2. The Bertz CT molecular complexity index is 717. The number of hydrogen-bond donors (Lipinski definition) is 0. The zero-order chi connectivity index (χ0) is 14.5. The van der Waals surface area contributed by atoms with Gasteiger partial charge in [0, 0.05) is 5.39 Å². The summed E-state index contributed by atoms with van der Waals surface area (Å²) in [6.45, 7) is 4.00. The van der Waals surface area contributed by atoms with E-state index in [-0.39, 0.29) is 0 Å². The summed E-state index contributed by atoms with van der Waals surface area (Å²) < 4.78 is 11.0. The van der Waals surface area contributed by atoms with Crippen LogP contribution in [0.15, 0.2) is 48.5 Å². The van der Waals surface area contributed by atoms with Crippen LogP contribution in [0.1, 0.15) is 13.8 Å². The normalized spacial score (nSPS) is 10.0. The Morgan fingerprint density at radius 3 is 2.15 bits per heavy atom. The molecule has 0 heterocycles. The molecule has 0 saturated heterocycles. The van der Waals surface area contributed by atoms with E-state index in [4.69, 9.17) is 9.47 Å². The summed E-state index contributed by atoms with van der Waals surface area (Å²) in [5.41, 5.74) is 0. The second-order valence-corrected chi connectivity index (χ2v) is 4.19. The fraction of sp³-hybridized carbons (Fsp3) is 0.222. The highest BCUT2D eigenvalue weighted by Gasteiger charge is 2.11. The van der Waals surface area contributed by atoms with Crippen molar-refractivity contribution < 1.29 is 9.47 Å². The van der Waals surface area contributed by atoms with Gasteiger partial charge in [-0.25, -0.2) is 0 Å². The molecule has 3 aromatic carbocycles. The van der Waals surface area contributed by atoms with Crippen molar-refractivity contribution in [1.29, 1.82) is 0 Å². The number of benzene rings is 3. The molecule has 2 nitrogen and oxygen atoms in total. The molecule has 0 aliphatic carbocycles. The number of hydrogen-bond acceptors (Lipinski definition) is 2. The van der Waals surface area contributed by atoms with Gasteiger partial charge in [0.05, 0.1) is 19.6 Å². The standard InChI is InChI=1S/C16H14O2.C2H6/c1-17-14-9-5-7-12-10-11-6-3-4-8-13(11)16(18-2)15(12)14;1-2/h3-10H,1-2H3;1-2H3. The van der Waals surface area contributed by atoms with Crippen LogP contribution in [0.2, 0.25) is 0 Å². The monoisotopic (exact) mass is 268 g/mol. The van der Waals surface area contributed by atoms with Crippen LogP contribution in [0, 0.1) is 0 Å². The highest BCUT2D eigenvalue weighted by molar-refractivity contribution is 6.07. The van der Waals surface area contributed by atoms with Crippen molar-refractivity contribution in [2.24, 2.45) is 0 Å². The fourth-order valence-electron chi connectivity index (χ4n) is 2.43. The summed E-state index contributed by atoms with van der Waals surface area (Å²) in [6, 6.07) is 16.4. The van der Waals surface area contributed by atoms with Crippen molar-refractivity contribution in [2.45, 2.75) is 13.8 Å². The van der Waals surface area contributed by atoms with Crippen molar-refractivity contribution in [3.63, 3.8) is 0 Å². The maximum absolute atomic E-state index is 5.60. The molecule has 104 valence electrons. The molecule has 0 fully saturated rings. The number of rotatable bonds is 2. The van der Waals surface area contributed by atoms with E-state index in [0.29, 0.717) is 0 Å². The average molecular weight is 268 g/mol. The molecule has 0 saturated carbocycles. The first-order valence-electron chi connectivity index (χ1n) is 6.87. The lowest BCUT2D eigenvalue weighted by molar-refractivity contribution is 0.407. The third-order valence-corrected chi connectivity index (χ3v) is 3.23. The van der Waals surface area contributed by atoms with E-state index in [2.05, 4.69) is 24.3 Å². The highest BCUT2D eigenvalue weighted by atomic mass is 16.5. The molecule has 0 N–H and O–H groups in total. The quantitative estimate of drug-likeness (QED) is 0.606. The van der Waals surface area contributed by atoms with Gasteiger partial charge in [0.1, 0.15) is 11.5 Å². The van der Waals surface area contributed by atoms with Gasteiger partial charge in [0.25, 0.3) is 0 Å². The van der Waals surface area contributed by atoms with Crippen molar-refractivity contribution in [2.75, 3.05) is 14.2 Å². The Hall–Kier alpha value is -2.22. The van der Waals surface area contributed by atoms with E-state index in [1.54, 1.807) is 14.2 Å². The average Bonchev–Trinajstić information content (AvgIpc) is 2.53. The van der Waals surface area contributed by atoms with Crippen LogP contribution in [-0.4, -0.2) is 14.2 Å². The minimum absolute atomic E-state index is 0.843. The molecular weight excluding hydrogens is 248 g/mol. The van der Waals surface area contributed by atoms with Gasteiger partial charge in [-0.2, -0.15) is 0 Å². The molecule has 0 amide bonds. The lowest BCUT2D eigenvalue weighted by Crippen LogP contribution is -1.91. The van der Waals surface area contributed by atoms with Crippen molar-refractivity contribution in [3.8, 4) is 11.5 Å². The van der Waals surface area contributed by atoms with Gasteiger partial charge in [-0.05, 0) is 22.9 Å². The predicted octanol–water partition coefficient (Wildman–Crippen LogP) is 5.04. The van der Waals surface area contributed by atoms with Crippen molar-refractivity contribution in [1.82, 2.24) is 0 Å². The molecule has 0 bridgehead atoms. The van der Waals surface area contributed by atoms with E-state index < -0.39 is 0 Å². The lowest BCUT2D eigenvalue weighted by atomic mass is 10.0. The molecule has 0 aromatic heterocycles. The Kier molecular flexibility index (Phi) is 4.46. The van der Waals surface area contributed by atoms with Crippen LogP contribution in [-0.2, 0) is 0 Å². The first-order chi connectivity index (χ1) is 9.85. The van der Waals surface area contributed by atoms with Crippen LogP contribution in [0.25, 0.3) is 21.5 Å². The van der Waals surface area contributed by atoms with E-state index in [1.807, 2.05) is 38.1 Å². The molecule has 0 atom stereocenters. The molecular formula is C18H20O2. The molecule has 20 heavy (non-hydrogen) atoms. The largest absolute Gasteiger partial charge is 0.496 e. The van der Waals surface area contributed by atoms with E-state index in [1.165, 1.54) is 5.39 Å². The maximum atomic E-state index is 5.60. The van der Waals surface area contributed by atoms with Gasteiger partial charge < -0.3 is 9.47 Å². The van der Waals surface area contributed by atoms with Crippen molar-refractivity contribution >= 4 is 21.5 Å². The topological polar surface area (TPSA) is 18.5 Å². The minimum atomic E-state index is 0.843. The van der Waals surface area contributed by atoms with Gasteiger partial charge in [0.2, 0.25) is 0 Å². The number of methoxy groups -OCH3 is 2. The van der Waals surface area contributed by atoms with Gasteiger partial charge in [-0.3, -0.25) is 0 Å². The molecule has 0 radical (unpaired) electrons. The zero-order valence-corrected chi connectivity index (χ0v) is 12.4. The lowest BCUT2D eigenvalue weighted by Gasteiger charge is -2.13. The summed E-state index contributed by atoms with van der Waals surface area (Å²) in [6.07, 6.45) is 0. The first kappa shape index (κ1) is 14.2. The summed E-state index contributed by atoms with van der Waals surface area (Å²) >= 11 is 0. The Morgan fingerprint density at radius 2 is 1.45 bits per heavy atom. The Morgan fingerprint density at radius 1 is 0.750 bits per heavy atom. The van der Waals surface area contributed by atoms with Crippen molar-refractivity contribution in [3.05, 3.63) is 48.5 Å². The van der Waals surface area contributed by atoms with Gasteiger partial charge in [0.15, 0.2) is 0 Å². The molecule has 0 spiro atoms. The zero-order valence-electron chi connectivity index (χ0n) is 12.4. The summed E-state index contributed by atoms with van der Waals surface area (Å²) in [4.78, 5) is 0. The molecule has 0 aliphatic heterocycles. The van der Waals surface area contributed by atoms with Crippen LogP contribution < -0.4 is 9.47 Å². The summed E-state index contributed by atoms with van der Waals surface area (Å²) in [5, 5.41) is 4.44. The second-order valence-electron chi connectivity index (χ2n) is 4.19. The highest BCUT2D eigenvalue weighted by Crippen LogP contribution is 2.39. The van der Waals surface area contributed by atoms with E-state index >= 15 is 0 Å². The fourth-order valence-corrected chi connectivity index (χ4v) is 2.43. The summed E-state index contributed by atoms with van der Waals surface area (Å²) in [5.74, 6) is 1.72. The molecule has 3 rings (SSSR count). The Balaban J connectivity index is 0.000000704. The smallest absolute Gasteiger partial charge is 0.138 e. The third-order valence-electron chi connectivity index (χ3n) is 3.23. The van der Waals surface area contributed by atoms with E-state index in [0.717, 1.165) is 27.7 Å². The van der Waals surface area contributed by atoms with Gasteiger partial charge >= 0.3 is 0 Å². The number of ether oxygens (including phenoxy) is 2. The van der Waals surface area contributed by atoms with Gasteiger partial charge in [-0.1, -0.05) is 50.2 Å². The van der Waals surface area contributed by atoms with Gasteiger partial charge in [-0.15, -0.1) is 0 Å². The maximum Gasteiger partial charge on any atom is 0.138 e. The molecule has 3 aromatic rings. The van der Waals surface area contributed by atoms with Crippen LogP contribution in [0.5, 0.6) is 11.5 Å². The van der Waals surface area contributed by atoms with E-state index in [9.17, 15) is 0 Å². The molecule has 0 unspecified atom stereocenters. The predicted molar refractivity (Wildman–Crippen MR) is 85.9 cm³/mol. The molecule has 2 heteroatoms. The SMILES string of the molecule is CC.COc1cccc2cc3ccccc3c(OC)c12. The first-order valence-corrected chi connectivity index (χ1v) is 6.87.